The summed E-state index contributed by atoms with van der Waals surface area (Å²) in [6.07, 6.45) is 2.10. The quantitative estimate of drug-likeness (QED) is 0.723. The van der Waals surface area contributed by atoms with Crippen LogP contribution in [0.4, 0.5) is 0 Å². The summed E-state index contributed by atoms with van der Waals surface area (Å²) in [5.74, 6) is -0.0125. The molecule has 1 heterocycles. The minimum Gasteiger partial charge on any atom is -0.376 e. The molecule has 0 bridgehead atoms. The molecule has 5 heteroatoms. The molecule has 0 saturated carbocycles. The Kier molecular flexibility index (Phi) is 6.00. The number of hydrogen-bond donors (Lipinski definition) is 0. The van der Waals surface area contributed by atoms with Crippen molar-refractivity contribution >= 4 is 29.1 Å². The van der Waals surface area contributed by atoms with Gasteiger partial charge in [-0.1, -0.05) is 47.0 Å². The van der Waals surface area contributed by atoms with Crippen molar-refractivity contribution in [3.05, 3.63) is 69.2 Å². The van der Waals surface area contributed by atoms with E-state index in [1.807, 2.05) is 42.2 Å². The average Bonchev–Trinajstić information content (AvgIpc) is 3.10. The van der Waals surface area contributed by atoms with E-state index in [0.717, 1.165) is 30.6 Å². The molecule has 2 aromatic carbocycles. The molecule has 1 fully saturated rings. The highest BCUT2D eigenvalue weighted by molar-refractivity contribution is 6.35. The second-order valence-electron chi connectivity index (χ2n) is 6.42. The van der Waals surface area contributed by atoms with Gasteiger partial charge in [0.25, 0.3) is 5.91 Å². The summed E-state index contributed by atoms with van der Waals surface area (Å²) in [5, 5.41) is 1.16. The zero-order valence-corrected chi connectivity index (χ0v) is 15.7. The fourth-order valence-corrected chi connectivity index (χ4v) is 3.46. The number of halogens is 2. The third-order valence-electron chi connectivity index (χ3n) is 4.41. The number of carbonyl (C=O) groups excluding carboxylic acids is 1. The number of carbonyl (C=O) groups is 1. The molecule has 1 saturated heterocycles. The van der Waals surface area contributed by atoms with Crippen LogP contribution in [0.2, 0.25) is 10.0 Å². The van der Waals surface area contributed by atoms with Gasteiger partial charge < -0.3 is 9.64 Å². The third kappa shape index (κ3) is 4.75. The van der Waals surface area contributed by atoms with E-state index in [1.165, 1.54) is 0 Å². The number of amides is 1. The fourth-order valence-electron chi connectivity index (χ4n) is 2.99. The van der Waals surface area contributed by atoms with Crippen LogP contribution in [0.3, 0.4) is 0 Å². The number of aryl methyl sites for hydroxylation is 1. The zero-order chi connectivity index (χ0) is 17.8. The summed E-state index contributed by atoms with van der Waals surface area (Å²) in [4.78, 5) is 14.8. The molecule has 2 aromatic rings. The molecule has 0 radical (unpaired) electrons. The van der Waals surface area contributed by atoms with Gasteiger partial charge in [0.05, 0.1) is 6.10 Å². The zero-order valence-electron chi connectivity index (χ0n) is 14.2. The van der Waals surface area contributed by atoms with E-state index >= 15 is 0 Å². The van der Waals surface area contributed by atoms with Gasteiger partial charge in [0.15, 0.2) is 0 Å². The predicted molar refractivity (Wildman–Crippen MR) is 101 cm³/mol. The lowest BCUT2D eigenvalue weighted by Gasteiger charge is -2.26. The second kappa shape index (κ2) is 8.22. The van der Waals surface area contributed by atoms with Gasteiger partial charge in [-0.3, -0.25) is 4.79 Å². The molecule has 0 aliphatic carbocycles. The van der Waals surface area contributed by atoms with Crippen LogP contribution in [-0.4, -0.2) is 30.1 Å². The van der Waals surface area contributed by atoms with Crippen LogP contribution in [0, 0.1) is 6.92 Å². The Morgan fingerprint density at radius 2 is 1.96 bits per heavy atom. The van der Waals surface area contributed by atoms with E-state index in [0.29, 0.717) is 28.7 Å². The van der Waals surface area contributed by atoms with Gasteiger partial charge in [-0.15, -0.1) is 0 Å². The van der Waals surface area contributed by atoms with Crippen LogP contribution in [0.25, 0.3) is 0 Å². The minimum atomic E-state index is -0.0125. The van der Waals surface area contributed by atoms with E-state index in [1.54, 1.807) is 12.1 Å². The highest BCUT2D eigenvalue weighted by atomic mass is 35.5. The van der Waals surface area contributed by atoms with E-state index in [4.69, 9.17) is 27.9 Å². The Morgan fingerprint density at radius 3 is 2.60 bits per heavy atom. The predicted octanol–water partition coefficient (Wildman–Crippen LogP) is 5.12. The van der Waals surface area contributed by atoms with Crippen molar-refractivity contribution in [1.82, 2.24) is 4.90 Å². The molecule has 132 valence electrons. The molecule has 0 N–H and O–H groups in total. The maximum Gasteiger partial charge on any atom is 0.254 e. The van der Waals surface area contributed by atoms with Gasteiger partial charge >= 0.3 is 0 Å². The third-order valence-corrected chi connectivity index (χ3v) is 5.00. The topological polar surface area (TPSA) is 29.5 Å². The Hall–Kier alpha value is -1.55. The van der Waals surface area contributed by atoms with Crippen molar-refractivity contribution in [2.45, 2.75) is 32.4 Å². The monoisotopic (exact) mass is 377 g/mol. The van der Waals surface area contributed by atoms with Crippen LogP contribution in [0.15, 0.2) is 42.5 Å². The standard InChI is InChI=1S/C20H21Cl2NO2/c1-14-4-6-15(7-5-14)20(24)23(13-18-3-2-10-25-18)12-16-8-9-17(21)11-19(16)22/h4-9,11,18H,2-3,10,12-13H2,1H3/t18-/m1/s1. The first-order chi connectivity index (χ1) is 12.0. The Bertz CT molecular complexity index is 740. The first kappa shape index (κ1) is 18.2. The van der Waals surface area contributed by atoms with E-state index < -0.39 is 0 Å². The van der Waals surface area contributed by atoms with Crippen molar-refractivity contribution < 1.29 is 9.53 Å². The van der Waals surface area contributed by atoms with E-state index in [2.05, 4.69) is 0 Å². The summed E-state index contributed by atoms with van der Waals surface area (Å²) in [6.45, 7) is 3.76. The van der Waals surface area contributed by atoms with Crippen molar-refractivity contribution in [2.75, 3.05) is 13.2 Å². The van der Waals surface area contributed by atoms with Crippen molar-refractivity contribution in [3.63, 3.8) is 0 Å². The van der Waals surface area contributed by atoms with Crippen LogP contribution in [0.5, 0.6) is 0 Å². The summed E-state index contributed by atoms with van der Waals surface area (Å²) in [5.41, 5.74) is 2.68. The van der Waals surface area contributed by atoms with Crippen molar-refractivity contribution in [1.29, 1.82) is 0 Å². The highest BCUT2D eigenvalue weighted by Crippen LogP contribution is 2.24. The molecule has 3 nitrogen and oxygen atoms in total. The summed E-state index contributed by atoms with van der Waals surface area (Å²) < 4.78 is 5.73. The molecule has 1 amide bonds. The van der Waals surface area contributed by atoms with Crippen LogP contribution >= 0.6 is 23.2 Å². The molecule has 3 rings (SSSR count). The SMILES string of the molecule is Cc1ccc(C(=O)N(Cc2ccc(Cl)cc2Cl)C[C@H]2CCCO2)cc1. The van der Waals surface area contributed by atoms with Crippen LogP contribution in [-0.2, 0) is 11.3 Å². The van der Waals surface area contributed by atoms with Gasteiger partial charge in [0.1, 0.15) is 0 Å². The lowest BCUT2D eigenvalue weighted by Crippen LogP contribution is -2.37. The van der Waals surface area contributed by atoms with Crippen molar-refractivity contribution in [2.24, 2.45) is 0 Å². The summed E-state index contributed by atoms with van der Waals surface area (Å²) >= 11 is 12.3. The normalized spacial score (nSPS) is 16.8. The lowest BCUT2D eigenvalue weighted by atomic mass is 10.1. The number of benzene rings is 2. The summed E-state index contributed by atoms with van der Waals surface area (Å²) in [7, 11) is 0. The number of ether oxygens (including phenoxy) is 1. The summed E-state index contributed by atoms with van der Waals surface area (Å²) in [6, 6.07) is 13.0. The Morgan fingerprint density at radius 1 is 1.20 bits per heavy atom. The van der Waals surface area contributed by atoms with Crippen LogP contribution < -0.4 is 0 Å². The first-order valence-corrected chi connectivity index (χ1v) is 9.20. The lowest BCUT2D eigenvalue weighted by molar-refractivity contribution is 0.0507. The molecular weight excluding hydrogens is 357 g/mol. The van der Waals surface area contributed by atoms with Gasteiger partial charge in [-0.2, -0.15) is 0 Å². The molecule has 1 atom stereocenters. The number of rotatable bonds is 5. The number of nitrogens with zero attached hydrogens (tertiary/aromatic N) is 1. The molecule has 0 spiro atoms. The maximum absolute atomic E-state index is 13.0. The van der Waals surface area contributed by atoms with E-state index in [9.17, 15) is 4.79 Å². The highest BCUT2D eigenvalue weighted by Gasteiger charge is 2.24. The van der Waals surface area contributed by atoms with Gasteiger partial charge in [0.2, 0.25) is 0 Å². The Balaban J connectivity index is 1.83. The molecule has 1 aliphatic heterocycles. The van der Waals surface area contributed by atoms with Gasteiger partial charge in [0, 0.05) is 35.3 Å². The fraction of sp³-hybridized carbons (Fsp3) is 0.350. The van der Waals surface area contributed by atoms with Crippen LogP contribution in [0.1, 0.15) is 34.3 Å². The largest absolute Gasteiger partial charge is 0.376 e. The second-order valence-corrected chi connectivity index (χ2v) is 7.27. The molecule has 1 aliphatic rings. The molecule has 0 unspecified atom stereocenters. The first-order valence-electron chi connectivity index (χ1n) is 8.44. The molecular formula is C20H21Cl2NO2. The van der Waals surface area contributed by atoms with Gasteiger partial charge in [-0.25, -0.2) is 0 Å². The van der Waals surface area contributed by atoms with Gasteiger partial charge in [-0.05, 0) is 49.6 Å². The average molecular weight is 378 g/mol. The minimum absolute atomic E-state index is 0.0125. The Labute approximate surface area is 158 Å². The molecule has 25 heavy (non-hydrogen) atoms. The van der Waals surface area contributed by atoms with Crippen molar-refractivity contribution in [3.8, 4) is 0 Å². The smallest absolute Gasteiger partial charge is 0.254 e. The maximum atomic E-state index is 13.0. The van der Waals surface area contributed by atoms with E-state index in [-0.39, 0.29) is 12.0 Å². The molecule has 0 aromatic heterocycles. The number of hydrogen-bond acceptors (Lipinski definition) is 2.